The van der Waals surface area contributed by atoms with E-state index in [0.717, 1.165) is 23.7 Å². The second kappa shape index (κ2) is 5.51. The van der Waals surface area contributed by atoms with Gasteiger partial charge in [0.2, 0.25) is 0 Å². The summed E-state index contributed by atoms with van der Waals surface area (Å²) >= 11 is 0. The van der Waals surface area contributed by atoms with Gasteiger partial charge < -0.3 is 15.0 Å². The quantitative estimate of drug-likeness (QED) is 0.767. The van der Waals surface area contributed by atoms with Crippen LogP contribution in [-0.4, -0.2) is 20.9 Å². The van der Waals surface area contributed by atoms with Crippen molar-refractivity contribution in [3.8, 4) is 6.07 Å². The maximum absolute atomic E-state index is 8.82. The van der Waals surface area contributed by atoms with E-state index >= 15 is 0 Å². The average Bonchev–Trinajstić information content (AvgIpc) is 2.97. The van der Waals surface area contributed by atoms with Gasteiger partial charge in [-0.15, -0.1) is 0 Å². The minimum atomic E-state index is 0.626. The number of fused-ring (bicyclic) bond motifs is 1. The topological polar surface area (TPSA) is 78.0 Å². The molecule has 0 aliphatic heterocycles. The maximum atomic E-state index is 8.82. The third-order valence-corrected chi connectivity index (χ3v) is 3.01. The standard InChI is InChI=1S/C15H14N6/c1-2-17-13-10-21-8-7-18-15(21)14(20-13)19-12-5-3-11(9-16)4-6-12/h3-8,10,17H,2H2,1H3,(H,19,20). The second-order valence-electron chi connectivity index (χ2n) is 4.48. The highest BCUT2D eigenvalue weighted by atomic mass is 15.1. The van der Waals surface area contributed by atoms with Crippen molar-refractivity contribution in [2.75, 3.05) is 17.2 Å². The molecule has 0 saturated heterocycles. The number of rotatable bonds is 4. The molecule has 0 aliphatic carbocycles. The molecule has 0 unspecified atom stereocenters. The molecule has 6 nitrogen and oxygen atoms in total. The Bertz CT molecular complexity index is 797. The summed E-state index contributed by atoms with van der Waals surface area (Å²) in [6.07, 6.45) is 5.51. The molecule has 2 heterocycles. The van der Waals surface area contributed by atoms with Crippen LogP contribution in [0, 0.1) is 11.3 Å². The molecule has 6 heteroatoms. The molecule has 2 aromatic heterocycles. The third-order valence-electron chi connectivity index (χ3n) is 3.01. The van der Waals surface area contributed by atoms with E-state index in [2.05, 4.69) is 26.7 Å². The molecule has 104 valence electrons. The van der Waals surface area contributed by atoms with E-state index in [0.29, 0.717) is 11.4 Å². The van der Waals surface area contributed by atoms with E-state index in [-0.39, 0.29) is 0 Å². The van der Waals surface area contributed by atoms with Crippen molar-refractivity contribution in [3.05, 3.63) is 48.4 Å². The van der Waals surface area contributed by atoms with Crippen LogP contribution in [-0.2, 0) is 0 Å². The zero-order valence-electron chi connectivity index (χ0n) is 11.5. The van der Waals surface area contributed by atoms with Crippen LogP contribution in [0.4, 0.5) is 17.3 Å². The lowest BCUT2D eigenvalue weighted by Crippen LogP contribution is -2.05. The molecule has 0 amide bonds. The Morgan fingerprint density at radius 2 is 2.10 bits per heavy atom. The number of nitrogens with zero attached hydrogens (tertiary/aromatic N) is 4. The Morgan fingerprint density at radius 1 is 1.29 bits per heavy atom. The summed E-state index contributed by atoms with van der Waals surface area (Å²) in [5, 5.41) is 15.3. The highest BCUT2D eigenvalue weighted by Gasteiger charge is 2.07. The van der Waals surface area contributed by atoms with Crippen LogP contribution >= 0.6 is 0 Å². The number of imidazole rings is 1. The van der Waals surface area contributed by atoms with Crippen molar-refractivity contribution in [2.24, 2.45) is 0 Å². The third kappa shape index (κ3) is 2.62. The van der Waals surface area contributed by atoms with E-state index in [1.54, 1.807) is 18.3 Å². The van der Waals surface area contributed by atoms with E-state index in [1.807, 2.05) is 35.9 Å². The summed E-state index contributed by atoms with van der Waals surface area (Å²) in [4.78, 5) is 8.84. The van der Waals surface area contributed by atoms with Crippen LogP contribution in [0.25, 0.3) is 5.65 Å². The van der Waals surface area contributed by atoms with Gasteiger partial charge in [0.15, 0.2) is 11.5 Å². The Hall–Kier alpha value is -3.07. The molecule has 1 aromatic carbocycles. The zero-order valence-corrected chi connectivity index (χ0v) is 11.5. The molecule has 3 rings (SSSR count). The summed E-state index contributed by atoms with van der Waals surface area (Å²) in [6, 6.07) is 9.32. The van der Waals surface area contributed by atoms with Crippen molar-refractivity contribution in [2.45, 2.75) is 6.92 Å². The highest BCUT2D eigenvalue weighted by molar-refractivity contribution is 5.71. The Balaban J connectivity index is 1.98. The Kier molecular flexibility index (Phi) is 3.39. The maximum Gasteiger partial charge on any atom is 0.180 e. The zero-order chi connectivity index (χ0) is 14.7. The number of benzene rings is 1. The monoisotopic (exact) mass is 278 g/mol. The largest absolute Gasteiger partial charge is 0.369 e. The fraction of sp³-hybridized carbons (Fsp3) is 0.133. The van der Waals surface area contributed by atoms with E-state index < -0.39 is 0 Å². The first-order chi connectivity index (χ1) is 10.3. The molecule has 0 saturated carbocycles. The molecule has 0 radical (unpaired) electrons. The van der Waals surface area contributed by atoms with Crippen molar-refractivity contribution in [1.82, 2.24) is 14.4 Å². The van der Waals surface area contributed by atoms with Gasteiger partial charge in [-0.2, -0.15) is 5.26 Å². The van der Waals surface area contributed by atoms with Gasteiger partial charge in [0.25, 0.3) is 0 Å². The molecule has 0 spiro atoms. The van der Waals surface area contributed by atoms with Crippen LogP contribution in [0.5, 0.6) is 0 Å². The molecular weight excluding hydrogens is 264 g/mol. The molecule has 0 atom stereocenters. The van der Waals surface area contributed by atoms with Gasteiger partial charge in [0, 0.05) is 24.6 Å². The first-order valence-electron chi connectivity index (χ1n) is 6.65. The van der Waals surface area contributed by atoms with Crippen molar-refractivity contribution < 1.29 is 0 Å². The fourth-order valence-corrected chi connectivity index (χ4v) is 2.05. The van der Waals surface area contributed by atoms with Gasteiger partial charge in [-0.05, 0) is 31.2 Å². The summed E-state index contributed by atoms with van der Waals surface area (Å²) in [5.74, 6) is 1.45. The average molecular weight is 278 g/mol. The normalized spacial score (nSPS) is 10.3. The van der Waals surface area contributed by atoms with E-state index in [9.17, 15) is 0 Å². The molecule has 0 bridgehead atoms. The number of aromatic nitrogens is 3. The van der Waals surface area contributed by atoms with Crippen molar-refractivity contribution in [1.29, 1.82) is 5.26 Å². The SMILES string of the molecule is CCNc1cn2ccnc2c(Nc2ccc(C#N)cc2)n1. The summed E-state index contributed by atoms with van der Waals surface area (Å²) in [5.41, 5.74) is 2.24. The Labute approximate surface area is 122 Å². The van der Waals surface area contributed by atoms with Crippen LogP contribution in [0.3, 0.4) is 0 Å². The van der Waals surface area contributed by atoms with Crippen LogP contribution in [0.1, 0.15) is 12.5 Å². The second-order valence-corrected chi connectivity index (χ2v) is 4.48. The smallest absolute Gasteiger partial charge is 0.180 e. The van der Waals surface area contributed by atoms with Gasteiger partial charge in [0.05, 0.1) is 17.8 Å². The predicted octanol–water partition coefficient (Wildman–Crippen LogP) is 2.78. The van der Waals surface area contributed by atoms with Gasteiger partial charge in [0.1, 0.15) is 5.82 Å². The molecule has 0 aliphatic rings. The van der Waals surface area contributed by atoms with Crippen molar-refractivity contribution >= 4 is 23.0 Å². The first kappa shape index (κ1) is 12.9. The van der Waals surface area contributed by atoms with Gasteiger partial charge >= 0.3 is 0 Å². The molecular formula is C15H14N6. The lowest BCUT2D eigenvalue weighted by atomic mass is 10.2. The molecule has 0 fully saturated rings. The van der Waals surface area contributed by atoms with E-state index in [4.69, 9.17) is 5.26 Å². The molecule has 3 aromatic rings. The minimum absolute atomic E-state index is 0.626. The lowest BCUT2D eigenvalue weighted by Gasteiger charge is -2.10. The van der Waals surface area contributed by atoms with Gasteiger partial charge in [-0.25, -0.2) is 9.97 Å². The van der Waals surface area contributed by atoms with Crippen LogP contribution in [0.2, 0.25) is 0 Å². The van der Waals surface area contributed by atoms with Crippen molar-refractivity contribution in [3.63, 3.8) is 0 Å². The highest BCUT2D eigenvalue weighted by Crippen LogP contribution is 2.21. The fourth-order valence-electron chi connectivity index (χ4n) is 2.05. The predicted molar refractivity (Wildman–Crippen MR) is 81.6 cm³/mol. The number of nitrogens with one attached hydrogen (secondary N) is 2. The lowest BCUT2D eigenvalue weighted by molar-refractivity contribution is 1.09. The Morgan fingerprint density at radius 3 is 2.81 bits per heavy atom. The summed E-state index contributed by atoms with van der Waals surface area (Å²) in [6.45, 7) is 2.82. The van der Waals surface area contributed by atoms with E-state index in [1.165, 1.54) is 0 Å². The molecule has 2 N–H and O–H groups in total. The van der Waals surface area contributed by atoms with Crippen LogP contribution < -0.4 is 10.6 Å². The number of hydrogen-bond donors (Lipinski definition) is 2. The van der Waals surface area contributed by atoms with Crippen LogP contribution in [0.15, 0.2) is 42.9 Å². The summed E-state index contributed by atoms with van der Waals surface area (Å²) < 4.78 is 1.91. The number of anilines is 3. The van der Waals surface area contributed by atoms with Gasteiger partial charge in [-0.3, -0.25) is 0 Å². The van der Waals surface area contributed by atoms with Gasteiger partial charge in [-0.1, -0.05) is 0 Å². The summed E-state index contributed by atoms with van der Waals surface area (Å²) in [7, 11) is 0. The first-order valence-corrected chi connectivity index (χ1v) is 6.65. The number of nitriles is 1. The number of hydrogen-bond acceptors (Lipinski definition) is 5. The minimum Gasteiger partial charge on any atom is -0.369 e. The molecule has 21 heavy (non-hydrogen) atoms.